The number of urea groups is 1. The molecule has 3 N–H and O–H groups in total. The molecule has 9 nitrogen and oxygen atoms in total. The SMILES string of the molecule is CC(C)(C)[C@H](NC(=O)NC1([C@@H]2CCS2(=O)=O)CCCCC1)C(=O)N1C[C@H]2[C@@H]([C@H]1C(=O)O)C2(C)C. The van der Waals surface area contributed by atoms with E-state index in [0.29, 0.717) is 25.8 Å². The fraction of sp³-hybridized carbons (Fsp3) is 0.875. The van der Waals surface area contributed by atoms with Crippen molar-refractivity contribution in [2.45, 2.75) is 96.0 Å². The molecule has 0 unspecified atom stereocenters. The number of hydrogen-bond acceptors (Lipinski definition) is 5. The quantitative estimate of drug-likeness (QED) is 0.533. The number of sulfone groups is 1. The molecule has 5 atom stereocenters. The maximum absolute atomic E-state index is 13.6. The van der Waals surface area contributed by atoms with Gasteiger partial charge in [0.2, 0.25) is 5.91 Å². The zero-order valence-electron chi connectivity index (χ0n) is 20.9. The van der Waals surface area contributed by atoms with Crippen LogP contribution in [0.4, 0.5) is 4.79 Å². The van der Waals surface area contributed by atoms with E-state index in [0.717, 1.165) is 19.3 Å². The fourth-order valence-electron chi connectivity index (χ4n) is 6.76. The molecule has 0 aromatic rings. The van der Waals surface area contributed by atoms with Crippen molar-refractivity contribution < 1.29 is 27.9 Å². The summed E-state index contributed by atoms with van der Waals surface area (Å²) in [5, 5.41) is 15.1. The Bertz CT molecular complexity index is 979. The van der Waals surface area contributed by atoms with Gasteiger partial charge in [0.15, 0.2) is 9.84 Å². The molecule has 192 valence electrons. The molecular formula is C24H39N3O6S. The summed E-state index contributed by atoms with van der Waals surface area (Å²) in [6.07, 6.45) is 4.44. The Hall–Kier alpha value is -1.84. The van der Waals surface area contributed by atoms with Gasteiger partial charge in [0, 0.05) is 12.5 Å². The number of carboxylic acid groups (broad SMARTS) is 1. The summed E-state index contributed by atoms with van der Waals surface area (Å²) in [5.41, 5.74) is -1.58. The number of rotatable bonds is 5. The van der Waals surface area contributed by atoms with Crippen LogP contribution in [-0.2, 0) is 19.4 Å². The van der Waals surface area contributed by atoms with Crippen molar-refractivity contribution in [2.75, 3.05) is 12.3 Å². The van der Waals surface area contributed by atoms with E-state index in [1.165, 1.54) is 4.90 Å². The third-order valence-electron chi connectivity index (χ3n) is 8.96. The number of aliphatic carboxylic acids is 1. The van der Waals surface area contributed by atoms with Crippen molar-refractivity contribution in [1.82, 2.24) is 15.5 Å². The normalized spacial score (nSPS) is 33.7. The van der Waals surface area contributed by atoms with Gasteiger partial charge in [0.05, 0.1) is 16.5 Å². The largest absolute Gasteiger partial charge is 0.480 e. The molecule has 2 saturated heterocycles. The molecule has 34 heavy (non-hydrogen) atoms. The summed E-state index contributed by atoms with van der Waals surface area (Å²) in [6.45, 7) is 9.93. The van der Waals surface area contributed by atoms with Crippen molar-refractivity contribution in [3.8, 4) is 0 Å². The predicted molar refractivity (Wildman–Crippen MR) is 127 cm³/mol. The molecule has 10 heteroatoms. The minimum atomic E-state index is -3.22. The lowest BCUT2D eigenvalue weighted by Gasteiger charge is -2.47. The van der Waals surface area contributed by atoms with Crippen LogP contribution in [0.5, 0.6) is 0 Å². The molecular weight excluding hydrogens is 458 g/mol. The predicted octanol–water partition coefficient (Wildman–Crippen LogP) is 2.16. The number of fused-ring (bicyclic) bond motifs is 1. The van der Waals surface area contributed by atoms with Crippen LogP contribution < -0.4 is 10.6 Å². The smallest absolute Gasteiger partial charge is 0.326 e. The van der Waals surface area contributed by atoms with Gasteiger partial charge in [-0.25, -0.2) is 18.0 Å². The molecule has 2 aliphatic heterocycles. The van der Waals surface area contributed by atoms with Crippen LogP contribution in [0, 0.1) is 22.7 Å². The number of hydrogen-bond donors (Lipinski definition) is 3. The van der Waals surface area contributed by atoms with E-state index in [1.807, 2.05) is 34.6 Å². The summed E-state index contributed by atoms with van der Waals surface area (Å²) in [7, 11) is -3.22. The molecule has 4 rings (SSSR count). The zero-order chi connectivity index (χ0) is 25.3. The van der Waals surface area contributed by atoms with Gasteiger partial charge in [-0.2, -0.15) is 0 Å². The average molecular weight is 498 g/mol. The van der Waals surface area contributed by atoms with Crippen LogP contribution in [0.3, 0.4) is 0 Å². The van der Waals surface area contributed by atoms with Crippen LogP contribution in [0.25, 0.3) is 0 Å². The second-order valence-electron chi connectivity index (χ2n) is 12.5. The minimum absolute atomic E-state index is 0.0854. The maximum atomic E-state index is 13.6. The van der Waals surface area contributed by atoms with Gasteiger partial charge < -0.3 is 20.6 Å². The lowest BCUT2D eigenvalue weighted by molar-refractivity contribution is -0.152. The van der Waals surface area contributed by atoms with E-state index in [-0.39, 0.29) is 23.0 Å². The maximum Gasteiger partial charge on any atom is 0.326 e. The lowest BCUT2D eigenvalue weighted by atomic mass is 9.78. The highest BCUT2D eigenvalue weighted by atomic mass is 32.2. The molecule has 0 radical (unpaired) electrons. The van der Waals surface area contributed by atoms with Crippen LogP contribution in [0.2, 0.25) is 0 Å². The first-order valence-electron chi connectivity index (χ1n) is 12.5. The number of carbonyl (C=O) groups excluding carboxylic acids is 2. The Balaban J connectivity index is 1.52. The lowest BCUT2D eigenvalue weighted by Crippen LogP contribution is -2.67. The van der Waals surface area contributed by atoms with Gasteiger partial charge in [-0.1, -0.05) is 53.9 Å². The van der Waals surface area contributed by atoms with E-state index in [9.17, 15) is 27.9 Å². The Morgan fingerprint density at radius 2 is 1.71 bits per heavy atom. The van der Waals surface area contributed by atoms with Crippen LogP contribution >= 0.6 is 0 Å². The van der Waals surface area contributed by atoms with Crippen molar-refractivity contribution in [2.24, 2.45) is 22.7 Å². The topological polar surface area (TPSA) is 133 Å². The first kappa shape index (κ1) is 25.3. The summed E-state index contributed by atoms with van der Waals surface area (Å²) < 4.78 is 24.9. The molecule has 4 fully saturated rings. The van der Waals surface area contributed by atoms with Gasteiger partial charge in [0.25, 0.3) is 0 Å². The second-order valence-corrected chi connectivity index (χ2v) is 14.8. The van der Waals surface area contributed by atoms with Gasteiger partial charge >= 0.3 is 12.0 Å². The molecule has 0 aromatic heterocycles. The molecule has 0 bridgehead atoms. The first-order chi connectivity index (χ1) is 15.6. The monoisotopic (exact) mass is 497 g/mol. The van der Waals surface area contributed by atoms with Gasteiger partial charge in [-0.05, 0) is 36.0 Å². The highest BCUT2D eigenvalue weighted by Crippen LogP contribution is 2.65. The number of amides is 3. The third-order valence-corrected chi connectivity index (χ3v) is 11.3. The molecule has 2 heterocycles. The second kappa shape index (κ2) is 8.10. The minimum Gasteiger partial charge on any atom is -0.480 e. The van der Waals surface area contributed by atoms with Crippen LogP contribution in [-0.4, -0.2) is 71.5 Å². The summed E-state index contributed by atoms with van der Waals surface area (Å²) in [5.74, 6) is -1.21. The van der Waals surface area contributed by atoms with Gasteiger partial charge in [0.1, 0.15) is 12.1 Å². The number of likely N-dealkylation sites (tertiary alicyclic amines) is 1. The molecule has 0 aromatic carbocycles. The Morgan fingerprint density at radius 1 is 1.09 bits per heavy atom. The molecule has 2 aliphatic carbocycles. The molecule has 4 aliphatic rings. The van der Waals surface area contributed by atoms with E-state index in [1.54, 1.807) is 0 Å². The van der Waals surface area contributed by atoms with Crippen molar-refractivity contribution in [1.29, 1.82) is 0 Å². The van der Waals surface area contributed by atoms with Gasteiger partial charge in [-0.15, -0.1) is 0 Å². The Labute approximate surface area is 202 Å². The van der Waals surface area contributed by atoms with Crippen molar-refractivity contribution in [3.05, 3.63) is 0 Å². The number of piperidine rings is 1. The van der Waals surface area contributed by atoms with Crippen LogP contribution in [0.1, 0.15) is 73.1 Å². The van der Waals surface area contributed by atoms with E-state index < -0.39 is 56.0 Å². The van der Waals surface area contributed by atoms with Crippen LogP contribution in [0.15, 0.2) is 0 Å². The summed E-state index contributed by atoms with van der Waals surface area (Å²) in [6, 6.07) is -2.39. The van der Waals surface area contributed by atoms with Gasteiger partial charge in [-0.3, -0.25) is 4.79 Å². The Kier molecular flexibility index (Phi) is 6.02. The van der Waals surface area contributed by atoms with Crippen molar-refractivity contribution >= 4 is 27.7 Å². The first-order valence-corrected chi connectivity index (χ1v) is 14.2. The number of nitrogens with zero attached hydrogens (tertiary/aromatic N) is 1. The highest BCUT2D eigenvalue weighted by Gasteiger charge is 2.70. The summed E-state index contributed by atoms with van der Waals surface area (Å²) >= 11 is 0. The summed E-state index contributed by atoms with van der Waals surface area (Å²) in [4.78, 5) is 40.3. The van der Waals surface area contributed by atoms with Crippen molar-refractivity contribution in [3.63, 3.8) is 0 Å². The fourth-order valence-corrected chi connectivity index (χ4v) is 8.60. The highest BCUT2D eigenvalue weighted by molar-refractivity contribution is 7.93. The number of carboxylic acids is 1. The van der Waals surface area contributed by atoms with E-state index in [2.05, 4.69) is 10.6 Å². The number of carbonyl (C=O) groups is 3. The Morgan fingerprint density at radius 3 is 2.18 bits per heavy atom. The standard InChI is InChI=1S/C24H39N3O6S/c1-22(2,3)18(19(28)27-13-14-16(23(14,4)5)17(27)20(29)30)25-21(31)26-24(10-7-6-8-11-24)15-9-12-34(15,32)33/h14-18H,6-13H2,1-5H3,(H,29,30)(H2,25,26,31)/t14-,15-,16-,17-,18+/m0/s1. The molecule has 2 saturated carbocycles. The van der Waals surface area contributed by atoms with E-state index >= 15 is 0 Å². The third kappa shape index (κ3) is 4.09. The number of nitrogens with one attached hydrogen (secondary N) is 2. The van der Waals surface area contributed by atoms with E-state index in [4.69, 9.17) is 0 Å². The average Bonchev–Trinajstić information content (AvgIpc) is 3.06. The zero-order valence-corrected chi connectivity index (χ0v) is 21.7. The molecule has 0 spiro atoms. The molecule has 3 amide bonds.